The Hall–Kier alpha value is -1.85. The van der Waals surface area contributed by atoms with Gasteiger partial charge in [-0.25, -0.2) is 8.42 Å². The zero-order valence-electron chi connectivity index (χ0n) is 11.7. The minimum Gasteiger partial charge on any atom is -0.492 e. The van der Waals surface area contributed by atoms with E-state index in [9.17, 15) is 8.42 Å². The highest BCUT2D eigenvalue weighted by Crippen LogP contribution is 2.35. The van der Waals surface area contributed by atoms with Gasteiger partial charge in [-0.2, -0.15) is 0 Å². The normalized spacial score (nSPS) is 21.4. The van der Waals surface area contributed by atoms with Crippen LogP contribution in [0.1, 0.15) is 17.2 Å². The number of hydrogen-bond donors (Lipinski definition) is 1. The van der Waals surface area contributed by atoms with Gasteiger partial charge < -0.3 is 10.5 Å². The van der Waals surface area contributed by atoms with Crippen molar-refractivity contribution in [1.29, 1.82) is 0 Å². The van der Waals surface area contributed by atoms with Crippen molar-refractivity contribution >= 4 is 9.84 Å². The fourth-order valence-corrected chi connectivity index (χ4v) is 4.19. The molecule has 0 saturated carbocycles. The highest BCUT2D eigenvalue weighted by atomic mass is 32.2. The molecule has 0 bridgehead atoms. The summed E-state index contributed by atoms with van der Waals surface area (Å²) in [5.41, 5.74) is 7.94. The SMILES string of the molecule is Cc1ccc(S(=O)(=O)C2COc3ccccc3C2N)cc1. The number of rotatable bonds is 2. The molecule has 2 atom stereocenters. The van der Waals surface area contributed by atoms with Gasteiger partial charge in [0.1, 0.15) is 17.6 Å². The molecule has 1 heterocycles. The molecule has 0 aliphatic carbocycles. The summed E-state index contributed by atoms with van der Waals surface area (Å²) in [4.78, 5) is 0.288. The van der Waals surface area contributed by atoms with Gasteiger partial charge in [0, 0.05) is 5.56 Å². The average Bonchev–Trinajstić information content (AvgIpc) is 2.48. The van der Waals surface area contributed by atoms with E-state index in [-0.39, 0.29) is 11.5 Å². The van der Waals surface area contributed by atoms with Crippen LogP contribution in [0.25, 0.3) is 0 Å². The third-order valence-corrected chi connectivity index (χ3v) is 5.99. The fraction of sp³-hybridized carbons (Fsp3) is 0.250. The summed E-state index contributed by atoms with van der Waals surface area (Å²) >= 11 is 0. The monoisotopic (exact) mass is 303 g/mol. The molecule has 4 nitrogen and oxygen atoms in total. The molecular weight excluding hydrogens is 286 g/mol. The van der Waals surface area contributed by atoms with Crippen LogP contribution in [0.5, 0.6) is 5.75 Å². The molecule has 110 valence electrons. The molecule has 2 unspecified atom stereocenters. The van der Waals surface area contributed by atoms with Crippen LogP contribution >= 0.6 is 0 Å². The lowest BCUT2D eigenvalue weighted by molar-refractivity contribution is 0.270. The van der Waals surface area contributed by atoms with Crippen molar-refractivity contribution in [1.82, 2.24) is 0 Å². The number of ether oxygens (including phenoxy) is 1. The Morgan fingerprint density at radius 2 is 1.76 bits per heavy atom. The zero-order valence-corrected chi connectivity index (χ0v) is 12.5. The van der Waals surface area contributed by atoms with Crippen molar-refractivity contribution in [2.75, 3.05) is 6.61 Å². The predicted molar refractivity (Wildman–Crippen MR) is 81.0 cm³/mol. The molecule has 5 heteroatoms. The number of para-hydroxylation sites is 1. The summed E-state index contributed by atoms with van der Waals surface area (Å²) in [5.74, 6) is 0.667. The Bertz CT molecular complexity index is 753. The molecule has 0 fully saturated rings. The average molecular weight is 303 g/mol. The van der Waals surface area contributed by atoms with Crippen molar-refractivity contribution in [2.45, 2.75) is 23.1 Å². The molecule has 2 N–H and O–H groups in total. The van der Waals surface area contributed by atoms with E-state index in [1.54, 1.807) is 24.3 Å². The van der Waals surface area contributed by atoms with Crippen LogP contribution in [-0.4, -0.2) is 20.3 Å². The Balaban J connectivity index is 1.99. The minimum absolute atomic E-state index is 0.0778. The molecule has 0 aromatic heterocycles. The molecule has 1 aliphatic heterocycles. The van der Waals surface area contributed by atoms with Gasteiger partial charge in [-0.1, -0.05) is 35.9 Å². The Kier molecular flexibility index (Phi) is 3.47. The third kappa shape index (κ3) is 2.43. The summed E-state index contributed by atoms with van der Waals surface area (Å²) in [7, 11) is -3.52. The van der Waals surface area contributed by atoms with E-state index in [0.29, 0.717) is 5.75 Å². The van der Waals surface area contributed by atoms with Gasteiger partial charge in [0.05, 0.1) is 10.9 Å². The van der Waals surface area contributed by atoms with Gasteiger partial charge in [0.2, 0.25) is 0 Å². The molecule has 1 aliphatic rings. The predicted octanol–water partition coefficient (Wildman–Crippen LogP) is 2.23. The Labute approximate surface area is 124 Å². The lowest BCUT2D eigenvalue weighted by Crippen LogP contribution is -2.41. The first-order valence-electron chi connectivity index (χ1n) is 6.78. The van der Waals surface area contributed by atoms with Crippen LogP contribution < -0.4 is 10.5 Å². The summed E-state index contributed by atoms with van der Waals surface area (Å²) in [6.07, 6.45) is 0. The summed E-state index contributed by atoms with van der Waals surface area (Å²) in [5, 5.41) is -0.768. The second-order valence-electron chi connectivity index (χ2n) is 5.27. The molecule has 0 amide bonds. The van der Waals surface area contributed by atoms with Crippen LogP contribution in [0.3, 0.4) is 0 Å². The van der Waals surface area contributed by atoms with Crippen LogP contribution in [-0.2, 0) is 9.84 Å². The molecule has 2 aromatic rings. The van der Waals surface area contributed by atoms with E-state index in [4.69, 9.17) is 10.5 Å². The highest BCUT2D eigenvalue weighted by molar-refractivity contribution is 7.92. The van der Waals surface area contributed by atoms with Crippen molar-refractivity contribution in [3.8, 4) is 5.75 Å². The lowest BCUT2D eigenvalue weighted by Gasteiger charge is -2.30. The van der Waals surface area contributed by atoms with Crippen LogP contribution in [0.2, 0.25) is 0 Å². The topological polar surface area (TPSA) is 69.4 Å². The quantitative estimate of drug-likeness (QED) is 0.923. The molecule has 0 radical (unpaired) electrons. The van der Waals surface area contributed by atoms with Gasteiger partial charge >= 0.3 is 0 Å². The van der Waals surface area contributed by atoms with Crippen molar-refractivity contribution < 1.29 is 13.2 Å². The van der Waals surface area contributed by atoms with E-state index >= 15 is 0 Å². The maximum atomic E-state index is 12.8. The van der Waals surface area contributed by atoms with Crippen LogP contribution in [0.15, 0.2) is 53.4 Å². The third-order valence-electron chi connectivity index (χ3n) is 3.83. The first-order valence-corrected chi connectivity index (χ1v) is 8.32. The second kappa shape index (κ2) is 5.16. The first kappa shape index (κ1) is 14.1. The van der Waals surface area contributed by atoms with E-state index < -0.39 is 21.1 Å². The standard InChI is InChI=1S/C16H17NO3S/c1-11-6-8-12(9-7-11)21(18,19)15-10-20-14-5-3-2-4-13(14)16(15)17/h2-9,15-16H,10,17H2,1H3. The van der Waals surface area contributed by atoms with Gasteiger partial charge in [0.25, 0.3) is 0 Å². The summed E-state index contributed by atoms with van der Waals surface area (Å²) in [6.45, 7) is 2.00. The molecule has 0 spiro atoms. The van der Waals surface area contributed by atoms with Gasteiger partial charge in [-0.05, 0) is 25.1 Å². The minimum atomic E-state index is -3.52. The second-order valence-corrected chi connectivity index (χ2v) is 7.44. The maximum absolute atomic E-state index is 12.8. The molecule has 0 saturated heterocycles. The van der Waals surface area contributed by atoms with E-state index in [0.717, 1.165) is 11.1 Å². The van der Waals surface area contributed by atoms with Crippen molar-refractivity contribution in [3.63, 3.8) is 0 Å². The number of hydrogen-bond acceptors (Lipinski definition) is 4. The molecule has 2 aromatic carbocycles. The van der Waals surface area contributed by atoms with Gasteiger partial charge in [-0.3, -0.25) is 0 Å². The maximum Gasteiger partial charge on any atom is 0.186 e. The van der Waals surface area contributed by atoms with Gasteiger partial charge in [-0.15, -0.1) is 0 Å². The zero-order chi connectivity index (χ0) is 15.0. The Morgan fingerprint density at radius 3 is 2.48 bits per heavy atom. The van der Waals surface area contributed by atoms with Crippen LogP contribution in [0, 0.1) is 6.92 Å². The smallest absolute Gasteiger partial charge is 0.186 e. The van der Waals surface area contributed by atoms with Crippen molar-refractivity contribution in [2.24, 2.45) is 5.73 Å². The Morgan fingerprint density at radius 1 is 1.10 bits per heavy atom. The number of benzene rings is 2. The van der Waals surface area contributed by atoms with E-state index in [1.807, 2.05) is 31.2 Å². The van der Waals surface area contributed by atoms with Crippen LogP contribution in [0.4, 0.5) is 0 Å². The molecule has 21 heavy (non-hydrogen) atoms. The summed E-state index contributed by atoms with van der Waals surface area (Å²) in [6, 6.07) is 13.5. The number of fused-ring (bicyclic) bond motifs is 1. The number of nitrogens with two attached hydrogens (primary N) is 1. The number of sulfone groups is 1. The molecule has 3 rings (SSSR count). The summed E-state index contributed by atoms with van der Waals surface area (Å²) < 4.78 is 31.1. The first-order chi connectivity index (χ1) is 10.00. The fourth-order valence-electron chi connectivity index (χ4n) is 2.55. The van der Waals surface area contributed by atoms with E-state index in [1.165, 1.54) is 0 Å². The number of aryl methyl sites for hydroxylation is 1. The largest absolute Gasteiger partial charge is 0.492 e. The highest BCUT2D eigenvalue weighted by Gasteiger charge is 2.38. The van der Waals surface area contributed by atoms with E-state index in [2.05, 4.69) is 0 Å². The molecular formula is C16H17NO3S. The van der Waals surface area contributed by atoms with Gasteiger partial charge in [0.15, 0.2) is 9.84 Å². The lowest BCUT2D eigenvalue weighted by atomic mass is 10.0. The van der Waals surface area contributed by atoms with Crippen molar-refractivity contribution in [3.05, 3.63) is 59.7 Å².